The molecule has 0 radical (unpaired) electrons. The Morgan fingerprint density at radius 1 is 1.24 bits per heavy atom. The molecule has 0 saturated heterocycles. The zero-order valence-electron chi connectivity index (χ0n) is 12.2. The van der Waals surface area contributed by atoms with Gasteiger partial charge in [-0.25, -0.2) is 4.39 Å². The zero-order valence-corrected chi connectivity index (χ0v) is 13.0. The molecule has 21 heavy (non-hydrogen) atoms. The lowest BCUT2D eigenvalue weighted by Gasteiger charge is -2.14. The lowest BCUT2D eigenvalue weighted by atomic mass is 10.2. The molecule has 1 N–H and O–H groups in total. The minimum atomic E-state index is -0.287. The third kappa shape index (κ3) is 4.64. The Labute approximate surface area is 129 Å². The number of hydrogen-bond donors (Lipinski definition) is 1. The molecule has 1 unspecified atom stereocenters. The minimum Gasteiger partial charge on any atom is -0.491 e. The molecule has 2 rings (SSSR count). The summed E-state index contributed by atoms with van der Waals surface area (Å²) >= 11 is 6.05. The van der Waals surface area contributed by atoms with Crippen molar-refractivity contribution in [1.82, 2.24) is 0 Å². The summed E-state index contributed by atoms with van der Waals surface area (Å²) in [5, 5.41) is 3.78. The highest BCUT2D eigenvalue weighted by atomic mass is 35.5. The molecule has 2 aromatic rings. The zero-order chi connectivity index (χ0) is 15.2. The highest BCUT2D eigenvalue weighted by Gasteiger charge is 2.04. The number of benzene rings is 2. The monoisotopic (exact) mass is 307 g/mol. The van der Waals surface area contributed by atoms with Crippen molar-refractivity contribution in [3.8, 4) is 5.75 Å². The highest BCUT2D eigenvalue weighted by Crippen LogP contribution is 2.22. The maximum Gasteiger partial charge on any atom is 0.123 e. The van der Waals surface area contributed by atoms with Crippen LogP contribution in [0.4, 0.5) is 10.1 Å². The summed E-state index contributed by atoms with van der Waals surface area (Å²) in [6.45, 7) is 4.58. The Morgan fingerprint density at radius 2 is 2.05 bits per heavy atom. The SMILES string of the molecule is CCC(C)Oc1cccc(NCc2cc(F)ccc2Cl)c1. The first-order valence-corrected chi connectivity index (χ1v) is 7.40. The summed E-state index contributed by atoms with van der Waals surface area (Å²) in [5.41, 5.74) is 1.64. The first-order chi connectivity index (χ1) is 10.1. The average molecular weight is 308 g/mol. The molecule has 0 aliphatic rings. The van der Waals surface area contributed by atoms with Crippen LogP contribution in [-0.2, 0) is 6.54 Å². The Kier molecular flexibility index (Phi) is 5.45. The number of anilines is 1. The van der Waals surface area contributed by atoms with Gasteiger partial charge in [-0.1, -0.05) is 24.6 Å². The van der Waals surface area contributed by atoms with Gasteiger partial charge < -0.3 is 10.1 Å². The van der Waals surface area contributed by atoms with Crippen LogP contribution in [0.3, 0.4) is 0 Å². The van der Waals surface area contributed by atoms with Gasteiger partial charge in [-0.05, 0) is 49.2 Å². The third-order valence-corrected chi connectivity index (χ3v) is 3.61. The number of hydrogen-bond acceptors (Lipinski definition) is 2. The summed E-state index contributed by atoms with van der Waals surface area (Å²) in [6.07, 6.45) is 1.13. The van der Waals surface area contributed by atoms with Crippen molar-refractivity contribution in [2.24, 2.45) is 0 Å². The summed E-state index contributed by atoms with van der Waals surface area (Å²) in [5.74, 6) is 0.532. The molecule has 2 aromatic carbocycles. The van der Waals surface area contributed by atoms with Crippen LogP contribution in [0.15, 0.2) is 42.5 Å². The van der Waals surface area contributed by atoms with Crippen LogP contribution in [0, 0.1) is 5.82 Å². The van der Waals surface area contributed by atoms with Crippen molar-refractivity contribution in [3.63, 3.8) is 0 Å². The highest BCUT2D eigenvalue weighted by molar-refractivity contribution is 6.31. The first kappa shape index (κ1) is 15.6. The molecule has 0 spiro atoms. The summed E-state index contributed by atoms with van der Waals surface area (Å²) in [7, 11) is 0. The molecule has 0 fully saturated rings. The van der Waals surface area contributed by atoms with Crippen LogP contribution in [0.2, 0.25) is 5.02 Å². The van der Waals surface area contributed by atoms with Gasteiger partial charge in [-0.2, -0.15) is 0 Å². The minimum absolute atomic E-state index is 0.179. The van der Waals surface area contributed by atoms with Crippen molar-refractivity contribution in [2.45, 2.75) is 32.9 Å². The van der Waals surface area contributed by atoms with Gasteiger partial charge in [-0.15, -0.1) is 0 Å². The molecule has 4 heteroatoms. The summed E-state index contributed by atoms with van der Waals surface area (Å²) in [4.78, 5) is 0. The summed E-state index contributed by atoms with van der Waals surface area (Å²) in [6, 6.07) is 12.1. The predicted octanol–water partition coefficient (Wildman–Crippen LogP) is 5.27. The van der Waals surface area contributed by atoms with Crippen molar-refractivity contribution < 1.29 is 9.13 Å². The van der Waals surface area contributed by atoms with Gasteiger partial charge >= 0.3 is 0 Å². The van der Waals surface area contributed by atoms with Crippen molar-refractivity contribution in [1.29, 1.82) is 0 Å². The molecule has 0 aromatic heterocycles. The molecule has 0 saturated carbocycles. The van der Waals surface area contributed by atoms with Crippen LogP contribution < -0.4 is 10.1 Å². The lowest BCUT2D eigenvalue weighted by molar-refractivity contribution is 0.217. The molecule has 0 heterocycles. The van der Waals surface area contributed by atoms with Crippen molar-refractivity contribution >= 4 is 17.3 Å². The predicted molar refractivity (Wildman–Crippen MR) is 85.6 cm³/mol. The van der Waals surface area contributed by atoms with E-state index in [2.05, 4.69) is 12.2 Å². The van der Waals surface area contributed by atoms with E-state index in [9.17, 15) is 4.39 Å². The molecule has 0 aliphatic heterocycles. The van der Waals surface area contributed by atoms with Gasteiger partial charge in [0.25, 0.3) is 0 Å². The van der Waals surface area contributed by atoms with Crippen molar-refractivity contribution in [2.75, 3.05) is 5.32 Å². The fourth-order valence-electron chi connectivity index (χ4n) is 1.87. The van der Waals surface area contributed by atoms with E-state index in [0.717, 1.165) is 23.4 Å². The van der Waals surface area contributed by atoms with Crippen LogP contribution in [0.1, 0.15) is 25.8 Å². The van der Waals surface area contributed by atoms with E-state index in [1.54, 1.807) is 6.07 Å². The fourth-order valence-corrected chi connectivity index (χ4v) is 2.06. The van der Waals surface area contributed by atoms with E-state index < -0.39 is 0 Å². The number of halogens is 2. The Bertz CT molecular complexity index is 603. The number of nitrogens with one attached hydrogen (secondary N) is 1. The van der Waals surface area contributed by atoms with Crippen LogP contribution in [-0.4, -0.2) is 6.10 Å². The van der Waals surface area contributed by atoms with Crippen LogP contribution >= 0.6 is 11.6 Å². The van der Waals surface area contributed by atoms with Gasteiger partial charge in [0, 0.05) is 23.3 Å². The second-order valence-electron chi connectivity index (χ2n) is 4.95. The fraction of sp³-hybridized carbons (Fsp3) is 0.294. The van der Waals surface area contributed by atoms with E-state index in [1.165, 1.54) is 12.1 Å². The largest absolute Gasteiger partial charge is 0.491 e. The molecule has 0 aliphatic carbocycles. The molecule has 1 atom stereocenters. The maximum atomic E-state index is 13.2. The van der Waals surface area contributed by atoms with Gasteiger partial charge in [-0.3, -0.25) is 0 Å². The molecule has 0 amide bonds. The van der Waals surface area contributed by atoms with Crippen molar-refractivity contribution in [3.05, 3.63) is 58.9 Å². The Balaban J connectivity index is 2.03. The van der Waals surface area contributed by atoms with Crippen LogP contribution in [0.5, 0.6) is 5.75 Å². The first-order valence-electron chi connectivity index (χ1n) is 7.03. The average Bonchev–Trinajstić information content (AvgIpc) is 2.48. The maximum absolute atomic E-state index is 13.2. The Morgan fingerprint density at radius 3 is 2.81 bits per heavy atom. The summed E-state index contributed by atoms with van der Waals surface area (Å²) < 4.78 is 19.0. The lowest BCUT2D eigenvalue weighted by Crippen LogP contribution is -2.09. The normalized spacial score (nSPS) is 12.0. The third-order valence-electron chi connectivity index (χ3n) is 3.24. The van der Waals surface area contributed by atoms with E-state index in [0.29, 0.717) is 11.6 Å². The van der Waals surface area contributed by atoms with Gasteiger partial charge in [0.1, 0.15) is 11.6 Å². The molecule has 112 valence electrons. The van der Waals surface area contributed by atoms with Gasteiger partial charge in [0.15, 0.2) is 0 Å². The second-order valence-corrected chi connectivity index (χ2v) is 5.36. The molecule has 2 nitrogen and oxygen atoms in total. The number of rotatable bonds is 6. The second kappa shape index (κ2) is 7.32. The van der Waals surface area contributed by atoms with E-state index in [-0.39, 0.29) is 11.9 Å². The van der Waals surface area contributed by atoms with E-state index >= 15 is 0 Å². The smallest absolute Gasteiger partial charge is 0.123 e. The quantitative estimate of drug-likeness (QED) is 0.785. The number of ether oxygens (including phenoxy) is 1. The van der Waals surface area contributed by atoms with E-state index in [4.69, 9.17) is 16.3 Å². The molecular weight excluding hydrogens is 289 g/mol. The topological polar surface area (TPSA) is 21.3 Å². The van der Waals surface area contributed by atoms with Gasteiger partial charge in [0.05, 0.1) is 6.10 Å². The van der Waals surface area contributed by atoms with Gasteiger partial charge in [0.2, 0.25) is 0 Å². The standard InChI is InChI=1S/C17H19ClFNO/c1-3-12(2)21-16-6-4-5-15(10-16)20-11-13-9-14(19)7-8-17(13)18/h4-10,12,20H,3,11H2,1-2H3. The van der Waals surface area contributed by atoms with E-state index in [1.807, 2.05) is 31.2 Å². The Hall–Kier alpha value is -1.74. The molecular formula is C17H19ClFNO. The molecule has 0 bridgehead atoms. The van der Waals surface area contributed by atoms with Crippen LogP contribution in [0.25, 0.3) is 0 Å².